The molecule has 134 valence electrons. The molecular formula is C13H16F3N3O4S. The Morgan fingerprint density at radius 2 is 2.00 bits per heavy atom. The third-order valence-corrected chi connectivity index (χ3v) is 6.16. The molecule has 11 heteroatoms. The van der Waals surface area contributed by atoms with Crippen molar-refractivity contribution in [3.63, 3.8) is 0 Å². The van der Waals surface area contributed by atoms with Crippen molar-refractivity contribution in [2.24, 2.45) is 5.92 Å². The Hall–Kier alpha value is -1.88. The summed E-state index contributed by atoms with van der Waals surface area (Å²) in [4.78, 5) is 16.1. The maximum Gasteiger partial charge on any atom is 0.394 e. The van der Waals surface area contributed by atoms with E-state index >= 15 is 0 Å². The van der Waals surface area contributed by atoms with Gasteiger partial charge in [0.1, 0.15) is 16.6 Å². The summed E-state index contributed by atoms with van der Waals surface area (Å²) in [6.45, 7) is -1.15. The van der Waals surface area contributed by atoms with Crippen LogP contribution >= 0.6 is 0 Å². The highest BCUT2D eigenvalue weighted by molar-refractivity contribution is 7.89. The number of pyridine rings is 1. The molecule has 0 aliphatic carbocycles. The summed E-state index contributed by atoms with van der Waals surface area (Å²) < 4.78 is 65.2. The van der Waals surface area contributed by atoms with Gasteiger partial charge in [-0.25, -0.2) is 22.5 Å². The summed E-state index contributed by atoms with van der Waals surface area (Å²) >= 11 is 0. The number of carbonyl (C=O) groups is 1. The molecule has 0 aromatic carbocycles. The summed E-state index contributed by atoms with van der Waals surface area (Å²) in [6, 6.07) is 2.55. The molecule has 7 nitrogen and oxygen atoms in total. The standard InChI is InChI=1S/C13H16F3N3O4S/c1-18(2)24(22,23)10-7-19(6-9(10)13(14,15)16)11-8(12(20)21)4-3-5-17-11/h3-5,9-10H,6-7H2,1-2H3,(H,20,21)/t9-,10-/m1/s1. The number of anilines is 1. The molecular weight excluding hydrogens is 351 g/mol. The van der Waals surface area contributed by atoms with Crippen molar-refractivity contribution in [1.29, 1.82) is 0 Å². The number of hydrogen-bond acceptors (Lipinski definition) is 5. The minimum atomic E-state index is -4.74. The monoisotopic (exact) mass is 367 g/mol. The van der Waals surface area contributed by atoms with E-state index in [0.29, 0.717) is 0 Å². The zero-order valence-electron chi connectivity index (χ0n) is 12.9. The van der Waals surface area contributed by atoms with E-state index < -0.39 is 46.4 Å². The predicted octanol–water partition coefficient (Wildman–Crippen LogP) is 1.04. The lowest BCUT2D eigenvalue weighted by Crippen LogP contribution is -2.43. The molecule has 0 unspecified atom stereocenters. The van der Waals surface area contributed by atoms with E-state index in [4.69, 9.17) is 5.11 Å². The number of hydrogen-bond donors (Lipinski definition) is 1. The molecule has 2 rings (SSSR count). The first-order valence-corrected chi connectivity index (χ1v) is 8.38. The third-order valence-electron chi connectivity index (χ3n) is 3.89. The topological polar surface area (TPSA) is 90.8 Å². The van der Waals surface area contributed by atoms with Crippen LogP contribution in [-0.2, 0) is 10.0 Å². The minimum Gasteiger partial charge on any atom is -0.478 e. The molecule has 0 amide bonds. The molecule has 2 atom stereocenters. The second-order valence-corrected chi connectivity index (χ2v) is 7.96. The number of aromatic nitrogens is 1. The van der Waals surface area contributed by atoms with Crippen molar-refractivity contribution >= 4 is 21.8 Å². The van der Waals surface area contributed by atoms with Gasteiger partial charge in [-0.05, 0) is 12.1 Å². The van der Waals surface area contributed by atoms with Crippen LogP contribution in [0, 0.1) is 5.92 Å². The maximum absolute atomic E-state index is 13.3. The number of sulfonamides is 1. The van der Waals surface area contributed by atoms with E-state index in [0.717, 1.165) is 23.3 Å². The Morgan fingerprint density at radius 3 is 2.50 bits per heavy atom. The van der Waals surface area contributed by atoms with Crippen LogP contribution in [-0.4, -0.2) is 67.4 Å². The molecule has 1 aromatic rings. The molecule has 2 heterocycles. The van der Waals surface area contributed by atoms with Gasteiger partial charge in [-0.15, -0.1) is 0 Å². The van der Waals surface area contributed by atoms with E-state index in [1.165, 1.54) is 18.3 Å². The molecule has 1 N–H and O–H groups in total. The van der Waals surface area contributed by atoms with Crippen LogP contribution in [0.5, 0.6) is 0 Å². The lowest BCUT2D eigenvalue weighted by molar-refractivity contribution is -0.167. The molecule has 0 bridgehead atoms. The number of aromatic carboxylic acids is 1. The smallest absolute Gasteiger partial charge is 0.394 e. The van der Waals surface area contributed by atoms with Crippen LogP contribution in [0.4, 0.5) is 19.0 Å². The lowest BCUT2D eigenvalue weighted by atomic mass is 10.1. The van der Waals surface area contributed by atoms with Gasteiger partial charge in [0.2, 0.25) is 10.0 Å². The lowest BCUT2D eigenvalue weighted by Gasteiger charge is -2.23. The molecule has 1 aliphatic rings. The number of halogens is 3. The predicted molar refractivity (Wildman–Crippen MR) is 79.3 cm³/mol. The number of carboxylic acid groups (broad SMARTS) is 1. The van der Waals surface area contributed by atoms with Crippen LogP contribution in [0.3, 0.4) is 0 Å². The molecule has 1 fully saturated rings. The van der Waals surface area contributed by atoms with Crippen LogP contribution in [0.1, 0.15) is 10.4 Å². The van der Waals surface area contributed by atoms with Gasteiger partial charge in [0, 0.05) is 33.4 Å². The van der Waals surface area contributed by atoms with Gasteiger partial charge in [-0.2, -0.15) is 13.2 Å². The zero-order chi connectivity index (χ0) is 18.3. The quantitative estimate of drug-likeness (QED) is 0.855. The van der Waals surface area contributed by atoms with Gasteiger partial charge in [0.15, 0.2) is 0 Å². The molecule has 0 spiro atoms. The molecule has 1 aromatic heterocycles. The second-order valence-electron chi connectivity index (χ2n) is 5.60. The number of rotatable bonds is 4. The SMILES string of the molecule is CN(C)S(=O)(=O)[C@@H]1CN(c2ncccc2C(=O)O)C[C@H]1C(F)(F)F. The molecule has 1 saturated heterocycles. The van der Waals surface area contributed by atoms with E-state index in [9.17, 15) is 26.4 Å². The fraction of sp³-hybridized carbons (Fsp3) is 0.538. The first-order valence-electron chi connectivity index (χ1n) is 6.87. The van der Waals surface area contributed by atoms with Gasteiger partial charge < -0.3 is 10.0 Å². The molecule has 0 saturated carbocycles. The van der Waals surface area contributed by atoms with E-state index in [1.54, 1.807) is 0 Å². The van der Waals surface area contributed by atoms with Gasteiger partial charge in [0.05, 0.1) is 5.92 Å². The van der Waals surface area contributed by atoms with E-state index in [-0.39, 0.29) is 11.4 Å². The van der Waals surface area contributed by atoms with Crippen LogP contribution in [0.2, 0.25) is 0 Å². The first-order chi connectivity index (χ1) is 11.0. The average Bonchev–Trinajstić information content (AvgIpc) is 2.92. The zero-order valence-corrected chi connectivity index (χ0v) is 13.7. The Kier molecular flexibility index (Phi) is 4.77. The van der Waals surface area contributed by atoms with Crippen LogP contribution in [0.25, 0.3) is 0 Å². The fourth-order valence-corrected chi connectivity index (χ4v) is 4.22. The molecule has 0 radical (unpaired) electrons. The highest BCUT2D eigenvalue weighted by Gasteiger charge is 2.55. The van der Waals surface area contributed by atoms with Gasteiger partial charge in [-0.1, -0.05) is 0 Å². The number of nitrogens with zero attached hydrogens (tertiary/aromatic N) is 3. The van der Waals surface area contributed by atoms with Crippen LogP contribution < -0.4 is 4.90 Å². The Labute approximate surface area is 136 Å². The summed E-state index contributed by atoms with van der Waals surface area (Å²) in [5.41, 5.74) is -0.277. The van der Waals surface area contributed by atoms with Crippen molar-refractivity contribution in [2.45, 2.75) is 11.4 Å². The molecule has 1 aliphatic heterocycles. The highest BCUT2D eigenvalue weighted by atomic mass is 32.2. The Bertz CT molecular complexity index is 736. The van der Waals surface area contributed by atoms with E-state index in [1.807, 2.05) is 0 Å². The maximum atomic E-state index is 13.3. The summed E-state index contributed by atoms with van der Waals surface area (Å²) in [7, 11) is -1.86. The van der Waals surface area contributed by atoms with Gasteiger partial charge in [0.25, 0.3) is 0 Å². The summed E-state index contributed by atoms with van der Waals surface area (Å²) in [6.07, 6.45) is -3.49. The average molecular weight is 367 g/mol. The largest absolute Gasteiger partial charge is 0.478 e. The minimum absolute atomic E-state index is 0.171. The summed E-state index contributed by atoms with van der Waals surface area (Å²) in [5, 5.41) is 7.42. The fourth-order valence-electron chi connectivity index (χ4n) is 2.65. The first kappa shape index (κ1) is 18.5. The molecule has 24 heavy (non-hydrogen) atoms. The Morgan fingerprint density at radius 1 is 1.38 bits per heavy atom. The third kappa shape index (κ3) is 3.31. The van der Waals surface area contributed by atoms with Crippen molar-refractivity contribution in [2.75, 3.05) is 32.1 Å². The summed E-state index contributed by atoms with van der Waals surface area (Å²) in [5.74, 6) is -3.65. The van der Waals surface area contributed by atoms with Gasteiger partial charge in [-0.3, -0.25) is 0 Å². The number of carboxylic acids is 1. The van der Waals surface area contributed by atoms with Crippen molar-refractivity contribution in [1.82, 2.24) is 9.29 Å². The van der Waals surface area contributed by atoms with E-state index in [2.05, 4.69) is 4.98 Å². The Balaban J connectivity index is 2.46. The normalized spacial score (nSPS) is 22.2. The van der Waals surface area contributed by atoms with Crippen molar-refractivity contribution in [3.8, 4) is 0 Å². The van der Waals surface area contributed by atoms with Crippen molar-refractivity contribution in [3.05, 3.63) is 23.9 Å². The highest BCUT2D eigenvalue weighted by Crippen LogP contribution is 2.39. The van der Waals surface area contributed by atoms with Crippen molar-refractivity contribution < 1.29 is 31.5 Å². The second kappa shape index (κ2) is 6.20. The number of alkyl halides is 3. The van der Waals surface area contributed by atoms with Gasteiger partial charge >= 0.3 is 12.1 Å². The van der Waals surface area contributed by atoms with Crippen LogP contribution in [0.15, 0.2) is 18.3 Å².